The SMILES string of the molecule is CC1(CNC(=O)C2(C(N)=NO)CCOCC2)CCCS1. The van der Waals surface area contributed by atoms with Crippen molar-refractivity contribution in [1.29, 1.82) is 0 Å². The predicted molar refractivity (Wildman–Crippen MR) is 79.0 cm³/mol. The van der Waals surface area contributed by atoms with Crippen LogP contribution in [0.1, 0.15) is 32.6 Å². The Kier molecular flexibility index (Phi) is 4.80. The third-order valence-corrected chi connectivity index (χ3v) is 5.84. The molecule has 1 unspecified atom stereocenters. The standard InChI is InChI=1S/C13H23N3O3S/c1-12(3-2-8-20-12)9-15-11(17)13(10(14)16-18)4-6-19-7-5-13/h18H,2-9H2,1H3,(H2,14,16)(H,15,17). The zero-order valence-electron chi connectivity index (χ0n) is 11.9. The molecule has 2 saturated heterocycles. The molecule has 0 spiro atoms. The van der Waals surface area contributed by atoms with Crippen molar-refractivity contribution in [1.82, 2.24) is 5.32 Å². The van der Waals surface area contributed by atoms with E-state index in [2.05, 4.69) is 17.4 Å². The molecule has 2 aliphatic rings. The fraction of sp³-hybridized carbons (Fsp3) is 0.846. The molecule has 7 heteroatoms. The Bertz CT molecular complexity index is 388. The maximum absolute atomic E-state index is 12.6. The molecule has 1 atom stereocenters. The lowest BCUT2D eigenvalue weighted by atomic mass is 9.78. The average molecular weight is 301 g/mol. The zero-order valence-corrected chi connectivity index (χ0v) is 12.7. The largest absolute Gasteiger partial charge is 0.409 e. The lowest BCUT2D eigenvalue weighted by molar-refractivity contribution is -0.131. The number of rotatable bonds is 4. The van der Waals surface area contributed by atoms with Gasteiger partial charge >= 0.3 is 0 Å². The molecule has 4 N–H and O–H groups in total. The van der Waals surface area contributed by atoms with Crippen LogP contribution in [0.2, 0.25) is 0 Å². The predicted octanol–water partition coefficient (Wildman–Crippen LogP) is 0.931. The summed E-state index contributed by atoms with van der Waals surface area (Å²) in [6.07, 6.45) is 3.21. The highest BCUT2D eigenvalue weighted by Crippen LogP contribution is 2.37. The van der Waals surface area contributed by atoms with E-state index >= 15 is 0 Å². The van der Waals surface area contributed by atoms with E-state index in [0.29, 0.717) is 32.6 Å². The maximum atomic E-state index is 12.6. The van der Waals surface area contributed by atoms with Gasteiger partial charge in [0.2, 0.25) is 5.91 Å². The van der Waals surface area contributed by atoms with Crippen molar-refractivity contribution in [2.75, 3.05) is 25.5 Å². The van der Waals surface area contributed by atoms with Crippen LogP contribution in [0.5, 0.6) is 0 Å². The minimum absolute atomic E-state index is 0.0115. The zero-order chi connectivity index (χ0) is 14.6. The number of oxime groups is 1. The second-order valence-electron chi connectivity index (χ2n) is 5.76. The molecule has 0 aromatic rings. The van der Waals surface area contributed by atoms with E-state index in [-0.39, 0.29) is 16.5 Å². The van der Waals surface area contributed by atoms with Crippen molar-refractivity contribution in [2.24, 2.45) is 16.3 Å². The summed E-state index contributed by atoms with van der Waals surface area (Å²) in [4.78, 5) is 12.6. The smallest absolute Gasteiger partial charge is 0.234 e. The number of nitrogens with two attached hydrogens (primary N) is 1. The minimum Gasteiger partial charge on any atom is -0.409 e. The van der Waals surface area contributed by atoms with Crippen LogP contribution in [0.4, 0.5) is 0 Å². The third kappa shape index (κ3) is 3.03. The summed E-state index contributed by atoms with van der Waals surface area (Å²) in [7, 11) is 0. The molecule has 20 heavy (non-hydrogen) atoms. The topological polar surface area (TPSA) is 96.9 Å². The van der Waals surface area contributed by atoms with Crippen LogP contribution in [0.3, 0.4) is 0 Å². The van der Waals surface area contributed by atoms with Crippen molar-refractivity contribution in [3.05, 3.63) is 0 Å². The van der Waals surface area contributed by atoms with Gasteiger partial charge in [-0.15, -0.1) is 0 Å². The molecule has 0 bridgehead atoms. The summed E-state index contributed by atoms with van der Waals surface area (Å²) >= 11 is 1.90. The van der Waals surface area contributed by atoms with Gasteiger partial charge in [-0.3, -0.25) is 4.79 Å². The first kappa shape index (κ1) is 15.4. The quantitative estimate of drug-likeness (QED) is 0.311. The van der Waals surface area contributed by atoms with Crippen LogP contribution in [0.15, 0.2) is 5.16 Å². The van der Waals surface area contributed by atoms with E-state index in [9.17, 15) is 4.79 Å². The first-order valence-corrected chi connectivity index (χ1v) is 7.99. The Balaban J connectivity index is 2.03. The summed E-state index contributed by atoms with van der Waals surface area (Å²) < 4.78 is 5.40. The maximum Gasteiger partial charge on any atom is 0.234 e. The molecular weight excluding hydrogens is 278 g/mol. The van der Waals surface area contributed by atoms with Crippen LogP contribution < -0.4 is 11.1 Å². The lowest BCUT2D eigenvalue weighted by Gasteiger charge is -2.35. The number of amides is 1. The highest BCUT2D eigenvalue weighted by atomic mass is 32.2. The first-order valence-electron chi connectivity index (χ1n) is 7.00. The van der Waals surface area contributed by atoms with Gasteiger partial charge in [-0.2, -0.15) is 11.8 Å². The number of thioether (sulfide) groups is 1. The molecule has 2 fully saturated rings. The summed E-state index contributed by atoms with van der Waals surface area (Å²) in [6.45, 7) is 3.70. The molecule has 1 amide bonds. The van der Waals surface area contributed by atoms with Gasteiger partial charge in [0, 0.05) is 24.5 Å². The molecule has 2 aliphatic heterocycles. The molecule has 0 aromatic heterocycles. The fourth-order valence-corrected chi connectivity index (χ4v) is 4.07. The lowest BCUT2D eigenvalue weighted by Crippen LogP contribution is -2.54. The molecule has 2 rings (SSSR count). The first-order chi connectivity index (χ1) is 9.52. The molecular formula is C13H23N3O3S. The highest BCUT2D eigenvalue weighted by molar-refractivity contribution is 8.00. The summed E-state index contributed by atoms with van der Waals surface area (Å²) in [5.74, 6) is 0.985. The number of carbonyl (C=O) groups is 1. The van der Waals surface area contributed by atoms with Gasteiger partial charge in [-0.1, -0.05) is 5.16 Å². The highest BCUT2D eigenvalue weighted by Gasteiger charge is 2.45. The van der Waals surface area contributed by atoms with Crippen molar-refractivity contribution >= 4 is 23.5 Å². The van der Waals surface area contributed by atoms with Gasteiger partial charge in [-0.25, -0.2) is 0 Å². The van der Waals surface area contributed by atoms with E-state index in [4.69, 9.17) is 15.7 Å². The fourth-order valence-electron chi connectivity index (χ4n) is 2.83. The summed E-state index contributed by atoms with van der Waals surface area (Å²) in [6, 6.07) is 0. The molecule has 114 valence electrons. The van der Waals surface area contributed by atoms with Crippen LogP contribution in [0.25, 0.3) is 0 Å². The molecule has 0 aliphatic carbocycles. The van der Waals surface area contributed by atoms with Crippen LogP contribution in [-0.4, -0.2) is 47.2 Å². The number of hydrogen-bond donors (Lipinski definition) is 3. The average Bonchev–Trinajstić information content (AvgIpc) is 2.91. The van der Waals surface area contributed by atoms with E-state index in [1.54, 1.807) is 0 Å². The van der Waals surface area contributed by atoms with Gasteiger partial charge in [0.05, 0.1) is 0 Å². The minimum atomic E-state index is -0.924. The van der Waals surface area contributed by atoms with Gasteiger partial charge < -0.3 is 21.0 Å². The second-order valence-corrected chi connectivity index (χ2v) is 7.45. The van der Waals surface area contributed by atoms with Crippen molar-refractivity contribution in [3.8, 4) is 0 Å². The number of ether oxygens (including phenoxy) is 1. The van der Waals surface area contributed by atoms with Crippen LogP contribution >= 0.6 is 11.8 Å². The molecule has 2 heterocycles. The van der Waals surface area contributed by atoms with Crippen molar-refractivity contribution < 1.29 is 14.7 Å². The number of nitrogens with zero attached hydrogens (tertiary/aromatic N) is 1. The summed E-state index contributed by atoms with van der Waals surface area (Å²) in [5.41, 5.74) is 4.85. The number of carbonyl (C=O) groups excluding carboxylic acids is 1. The molecule has 0 aromatic carbocycles. The molecule has 0 radical (unpaired) electrons. The van der Waals surface area contributed by atoms with Crippen molar-refractivity contribution in [2.45, 2.75) is 37.4 Å². The van der Waals surface area contributed by atoms with Gasteiger partial charge in [0.15, 0.2) is 5.84 Å². The monoisotopic (exact) mass is 301 g/mol. The third-order valence-electron chi connectivity index (χ3n) is 4.30. The normalized spacial score (nSPS) is 30.1. The Labute approximate surface area is 123 Å². The van der Waals surface area contributed by atoms with Gasteiger partial charge in [0.25, 0.3) is 0 Å². The Morgan fingerprint density at radius 2 is 2.15 bits per heavy atom. The van der Waals surface area contributed by atoms with E-state index in [0.717, 1.165) is 12.2 Å². The van der Waals surface area contributed by atoms with Crippen LogP contribution in [0, 0.1) is 5.41 Å². The second kappa shape index (κ2) is 6.22. The van der Waals surface area contributed by atoms with E-state index < -0.39 is 5.41 Å². The number of amidine groups is 1. The van der Waals surface area contributed by atoms with Gasteiger partial charge in [-0.05, 0) is 38.4 Å². The van der Waals surface area contributed by atoms with Crippen molar-refractivity contribution in [3.63, 3.8) is 0 Å². The van der Waals surface area contributed by atoms with E-state index in [1.807, 2.05) is 11.8 Å². The summed E-state index contributed by atoms with van der Waals surface area (Å²) in [5, 5.41) is 15.0. The number of nitrogens with one attached hydrogen (secondary N) is 1. The number of hydrogen-bond acceptors (Lipinski definition) is 5. The molecule has 0 saturated carbocycles. The van der Waals surface area contributed by atoms with Gasteiger partial charge in [0.1, 0.15) is 5.41 Å². The molecule has 6 nitrogen and oxygen atoms in total. The Morgan fingerprint density at radius 1 is 1.45 bits per heavy atom. The Morgan fingerprint density at radius 3 is 2.70 bits per heavy atom. The van der Waals surface area contributed by atoms with Crippen LogP contribution in [-0.2, 0) is 9.53 Å². The Hall–Kier alpha value is -0.950. The van der Waals surface area contributed by atoms with E-state index in [1.165, 1.54) is 6.42 Å².